The van der Waals surface area contributed by atoms with Crippen LogP contribution in [0.25, 0.3) is 0 Å². The first kappa shape index (κ1) is 22.3. The Bertz CT molecular complexity index is 860. The molecule has 6 heteroatoms. The zero-order chi connectivity index (χ0) is 21.4. The smallest absolute Gasteiger partial charge is 0.277 e. The van der Waals surface area contributed by atoms with Crippen LogP contribution in [0.4, 0.5) is 0 Å². The topological polar surface area (TPSA) is 69.2 Å². The Morgan fingerprint density at radius 1 is 1.14 bits per heavy atom. The molecule has 2 aromatic rings. The van der Waals surface area contributed by atoms with Crippen LogP contribution in [-0.4, -0.2) is 31.9 Å². The Labute approximate surface area is 172 Å². The van der Waals surface area contributed by atoms with E-state index in [1.807, 2.05) is 57.2 Å². The van der Waals surface area contributed by atoms with Gasteiger partial charge in [-0.05, 0) is 56.0 Å². The summed E-state index contributed by atoms with van der Waals surface area (Å²) in [5.41, 5.74) is 5.35. The van der Waals surface area contributed by atoms with E-state index in [4.69, 9.17) is 14.2 Å². The van der Waals surface area contributed by atoms with Gasteiger partial charge in [-0.15, -0.1) is 0 Å². The van der Waals surface area contributed by atoms with Gasteiger partial charge in [-0.1, -0.05) is 32.0 Å². The molecule has 1 amide bonds. The molecule has 0 aliphatic heterocycles. The van der Waals surface area contributed by atoms with Crippen molar-refractivity contribution in [1.82, 2.24) is 5.43 Å². The average Bonchev–Trinajstić information content (AvgIpc) is 2.66. The summed E-state index contributed by atoms with van der Waals surface area (Å²) in [6.45, 7) is 9.92. The van der Waals surface area contributed by atoms with E-state index in [1.54, 1.807) is 7.11 Å². The van der Waals surface area contributed by atoms with Gasteiger partial charge in [0, 0.05) is 5.56 Å². The number of para-hydroxylation sites is 1. The Morgan fingerprint density at radius 2 is 1.90 bits per heavy atom. The minimum Gasteiger partial charge on any atom is -0.493 e. The summed E-state index contributed by atoms with van der Waals surface area (Å²) in [6.07, 6.45) is 1.51. The molecular weight excluding hydrogens is 368 g/mol. The van der Waals surface area contributed by atoms with Crippen LogP contribution in [0, 0.1) is 6.92 Å². The second-order valence-corrected chi connectivity index (χ2v) is 7.32. The molecule has 0 aliphatic rings. The van der Waals surface area contributed by atoms with E-state index in [2.05, 4.69) is 24.4 Å². The molecule has 0 saturated carbocycles. The summed E-state index contributed by atoms with van der Waals surface area (Å²) >= 11 is 0. The summed E-state index contributed by atoms with van der Waals surface area (Å²) in [7, 11) is 1.58. The molecule has 0 spiro atoms. The zero-order valence-electron chi connectivity index (χ0n) is 18.0. The van der Waals surface area contributed by atoms with Gasteiger partial charge in [0.1, 0.15) is 5.75 Å². The van der Waals surface area contributed by atoms with E-state index in [0.29, 0.717) is 23.0 Å². The fourth-order valence-electron chi connectivity index (χ4n) is 2.75. The zero-order valence-corrected chi connectivity index (χ0v) is 18.0. The lowest BCUT2D eigenvalue weighted by Gasteiger charge is -2.15. The lowest BCUT2D eigenvalue weighted by molar-refractivity contribution is -0.123. The maximum Gasteiger partial charge on any atom is 0.277 e. The molecular formula is C23H30N2O4. The van der Waals surface area contributed by atoms with E-state index in [1.165, 1.54) is 6.21 Å². The molecule has 0 fully saturated rings. The number of ether oxygens (including phenoxy) is 3. The standard InChI is InChI=1S/C23H30N2O4/c1-15(2)19-11-10-17(5)12-21(19)28-14-22(26)25-24-13-18-8-7-9-20(27-6)23(18)29-16(3)4/h7-13,15-16H,14H2,1-6H3,(H,25,26)/b24-13-. The Balaban J connectivity index is 2.02. The number of carbonyl (C=O) groups excluding carboxylic acids is 1. The Kier molecular flexibility index (Phi) is 8.07. The predicted molar refractivity (Wildman–Crippen MR) is 115 cm³/mol. The molecule has 29 heavy (non-hydrogen) atoms. The summed E-state index contributed by atoms with van der Waals surface area (Å²) in [5.74, 6) is 1.88. The van der Waals surface area contributed by atoms with Crippen LogP contribution < -0.4 is 19.6 Å². The normalized spacial score (nSPS) is 11.2. The summed E-state index contributed by atoms with van der Waals surface area (Å²) < 4.78 is 16.9. The van der Waals surface area contributed by atoms with Gasteiger partial charge in [-0.2, -0.15) is 5.10 Å². The highest BCUT2D eigenvalue weighted by atomic mass is 16.5. The molecule has 156 valence electrons. The maximum absolute atomic E-state index is 12.2. The lowest BCUT2D eigenvalue weighted by Crippen LogP contribution is -2.25. The van der Waals surface area contributed by atoms with Gasteiger partial charge in [-0.3, -0.25) is 4.79 Å². The second-order valence-electron chi connectivity index (χ2n) is 7.32. The number of nitrogens with zero attached hydrogens (tertiary/aromatic N) is 1. The largest absolute Gasteiger partial charge is 0.493 e. The quantitative estimate of drug-likeness (QED) is 0.501. The van der Waals surface area contributed by atoms with Gasteiger partial charge in [0.2, 0.25) is 0 Å². The Morgan fingerprint density at radius 3 is 2.55 bits per heavy atom. The van der Waals surface area contributed by atoms with Gasteiger partial charge in [0.25, 0.3) is 5.91 Å². The second kappa shape index (κ2) is 10.5. The first-order chi connectivity index (χ1) is 13.8. The average molecular weight is 399 g/mol. The van der Waals surface area contributed by atoms with Gasteiger partial charge in [0.05, 0.1) is 19.4 Å². The molecule has 0 bridgehead atoms. The van der Waals surface area contributed by atoms with Crippen molar-refractivity contribution >= 4 is 12.1 Å². The van der Waals surface area contributed by atoms with Crippen LogP contribution >= 0.6 is 0 Å². The van der Waals surface area contributed by atoms with Crippen LogP contribution in [0.3, 0.4) is 0 Å². The highest BCUT2D eigenvalue weighted by Gasteiger charge is 2.12. The maximum atomic E-state index is 12.2. The fraction of sp³-hybridized carbons (Fsp3) is 0.391. The number of carbonyl (C=O) groups is 1. The van der Waals surface area contributed by atoms with Crippen molar-refractivity contribution in [3.05, 3.63) is 53.1 Å². The van der Waals surface area contributed by atoms with Crippen molar-refractivity contribution in [2.24, 2.45) is 5.10 Å². The SMILES string of the molecule is COc1cccc(/C=N\NC(=O)COc2cc(C)ccc2C(C)C)c1OC(C)C. The summed E-state index contributed by atoms with van der Waals surface area (Å²) in [5, 5.41) is 4.03. The first-order valence-corrected chi connectivity index (χ1v) is 9.70. The van der Waals surface area contributed by atoms with Crippen LogP contribution in [0.1, 0.15) is 50.3 Å². The molecule has 0 saturated heterocycles. The van der Waals surface area contributed by atoms with Crippen molar-refractivity contribution in [1.29, 1.82) is 0 Å². The molecule has 0 atom stereocenters. The number of rotatable bonds is 9. The van der Waals surface area contributed by atoms with E-state index < -0.39 is 0 Å². The van der Waals surface area contributed by atoms with Crippen molar-refractivity contribution in [2.45, 2.75) is 46.6 Å². The molecule has 0 aromatic heterocycles. The van der Waals surface area contributed by atoms with Crippen LogP contribution in [0.15, 0.2) is 41.5 Å². The number of hydrazone groups is 1. The van der Waals surface area contributed by atoms with Gasteiger partial charge in [0.15, 0.2) is 18.1 Å². The van der Waals surface area contributed by atoms with Crippen LogP contribution in [0.2, 0.25) is 0 Å². The van der Waals surface area contributed by atoms with Gasteiger partial charge >= 0.3 is 0 Å². The fourth-order valence-corrected chi connectivity index (χ4v) is 2.75. The number of aryl methyl sites for hydroxylation is 1. The molecule has 1 N–H and O–H groups in total. The number of methoxy groups -OCH3 is 1. The number of benzene rings is 2. The summed E-state index contributed by atoms with van der Waals surface area (Å²) in [4.78, 5) is 12.2. The molecule has 0 radical (unpaired) electrons. The van der Waals surface area contributed by atoms with Gasteiger partial charge in [-0.25, -0.2) is 5.43 Å². The third-order valence-electron chi connectivity index (χ3n) is 4.13. The van der Waals surface area contributed by atoms with Crippen LogP contribution in [0.5, 0.6) is 17.2 Å². The monoisotopic (exact) mass is 398 g/mol. The molecule has 0 unspecified atom stereocenters. The summed E-state index contributed by atoms with van der Waals surface area (Å²) in [6, 6.07) is 11.5. The number of hydrogen-bond donors (Lipinski definition) is 1. The molecule has 6 nitrogen and oxygen atoms in total. The minimum atomic E-state index is -0.341. The van der Waals surface area contributed by atoms with E-state index in [0.717, 1.165) is 16.9 Å². The van der Waals surface area contributed by atoms with E-state index in [9.17, 15) is 4.79 Å². The van der Waals surface area contributed by atoms with Crippen molar-refractivity contribution < 1.29 is 19.0 Å². The molecule has 0 heterocycles. The highest BCUT2D eigenvalue weighted by Crippen LogP contribution is 2.31. The number of nitrogens with one attached hydrogen (secondary N) is 1. The Hall–Kier alpha value is -3.02. The minimum absolute atomic E-state index is 0.0223. The third kappa shape index (κ3) is 6.52. The molecule has 2 aromatic carbocycles. The van der Waals surface area contributed by atoms with E-state index in [-0.39, 0.29) is 18.6 Å². The van der Waals surface area contributed by atoms with Crippen molar-refractivity contribution in [3.63, 3.8) is 0 Å². The highest BCUT2D eigenvalue weighted by molar-refractivity contribution is 5.86. The van der Waals surface area contributed by atoms with Gasteiger partial charge < -0.3 is 14.2 Å². The predicted octanol–water partition coefficient (Wildman–Crippen LogP) is 4.44. The van der Waals surface area contributed by atoms with Crippen molar-refractivity contribution in [2.75, 3.05) is 13.7 Å². The van der Waals surface area contributed by atoms with E-state index >= 15 is 0 Å². The number of hydrogen-bond acceptors (Lipinski definition) is 5. The lowest BCUT2D eigenvalue weighted by atomic mass is 10.0. The number of amides is 1. The van der Waals surface area contributed by atoms with Crippen LogP contribution in [-0.2, 0) is 4.79 Å². The first-order valence-electron chi connectivity index (χ1n) is 9.70. The van der Waals surface area contributed by atoms with Crippen molar-refractivity contribution in [3.8, 4) is 17.2 Å². The molecule has 0 aliphatic carbocycles. The molecule has 2 rings (SSSR count). The third-order valence-corrected chi connectivity index (χ3v) is 4.13.